The Labute approximate surface area is 112 Å². The van der Waals surface area contributed by atoms with E-state index in [9.17, 15) is 4.79 Å². The van der Waals surface area contributed by atoms with E-state index in [0.717, 1.165) is 13.1 Å². The number of ether oxygens (including phenoxy) is 3. The highest BCUT2D eigenvalue weighted by Gasteiger charge is 2.24. The minimum atomic E-state index is -0.177. The molecule has 1 aliphatic heterocycles. The molecule has 0 unspecified atom stereocenters. The number of carbonyl (C=O) groups excluding carboxylic acids is 1. The van der Waals surface area contributed by atoms with Crippen LogP contribution < -0.4 is 24.8 Å². The average molecular weight is 266 g/mol. The third-order valence-corrected chi connectivity index (χ3v) is 3.07. The van der Waals surface area contributed by atoms with Crippen LogP contribution in [-0.4, -0.2) is 46.4 Å². The van der Waals surface area contributed by atoms with Crippen LogP contribution in [0.5, 0.6) is 17.2 Å². The number of benzene rings is 1. The Morgan fingerprint density at radius 3 is 2.32 bits per heavy atom. The molecule has 2 rings (SSSR count). The smallest absolute Gasteiger partial charge is 0.255 e. The van der Waals surface area contributed by atoms with Crippen molar-refractivity contribution in [2.45, 2.75) is 6.04 Å². The van der Waals surface area contributed by atoms with Crippen molar-refractivity contribution in [3.05, 3.63) is 17.7 Å². The van der Waals surface area contributed by atoms with Crippen LogP contribution in [0.3, 0.4) is 0 Å². The number of carbonyl (C=O) groups is 1. The molecule has 104 valence electrons. The zero-order valence-corrected chi connectivity index (χ0v) is 11.3. The van der Waals surface area contributed by atoms with Gasteiger partial charge in [0, 0.05) is 13.1 Å². The van der Waals surface area contributed by atoms with Crippen molar-refractivity contribution in [1.82, 2.24) is 10.6 Å². The zero-order chi connectivity index (χ0) is 13.8. The third-order valence-electron chi connectivity index (χ3n) is 3.07. The molecule has 0 radical (unpaired) electrons. The molecule has 1 aromatic carbocycles. The first-order valence-corrected chi connectivity index (χ1v) is 6.01. The van der Waals surface area contributed by atoms with Crippen LogP contribution in [0.2, 0.25) is 0 Å². The lowest BCUT2D eigenvalue weighted by Gasteiger charge is -2.28. The van der Waals surface area contributed by atoms with Crippen molar-refractivity contribution < 1.29 is 19.0 Å². The summed E-state index contributed by atoms with van der Waals surface area (Å²) in [4.78, 5) is 12.2. The van der Waals surface area contributed by atoms with Gasteiger partial charge in [0.2, 0.25) is 5.75 Å². The monoisotopic (exact) mass is 266 g/mol. The standard InChI is InChI=1S/C13H18N2O4/c1-17-10-5-4-9(11(18-2)12(10)19-3)13(16)15-8-6-14-7-8/h4-5,8,14H,6-7H2,1-3H3,(H,15,16). The molecule has 1 fully saturated rings. The molecule has 1 amide bonds. The van der Waals surface area contributed by atoms with Crippen molar-refractivity contribution in [1.29, 1.82) is 0 Å². The van der Waals surface area contributed by atoms with Crippen LogP contribution in [0.4, 0.5) is 0 Å². The lowest BCUT2D eigenvalue weighted by molar-refractivity contribution is 0.0920. The summed E-state index contributed by atoms with van der Waals surface area (Å²) in [5.41, 5.74) is 0.437. The fourth-order valence-corrected chi connectivity index (χ4v) is 1.93. The topological polar surface area (TPSA) is 68.8 Å². The Hall–Kier alpha value is -1.95. The fraction of sp³-hybridized carbons (Fsp3) is 0.462. The Bertz CT molecular complexity index is 472. The largest absolute Gasteiger partial charge is 0.493 e. The van der Waals surface area contributed by atoms with E-state index in [0.29, 0.717) is 22.8 Å². The number of methoxy groups -OCH3 is 3. The van der Waals surface area contributed by atoms with Crippen LogP contribution in [0.25, 0.3) is 0 Å². The molecule has 0 spiro atoms. The molecule has 6 nitrogen and oxygen atoms in total. The Kier molecular flexibility index (Phi) is 4.11. The third kappa shape index (κ3) is 2.58. The second-order valence-corrected chi connectivity index (χ2v) is 4.21. The molecular formula is C13H18N2O4. The van der Waals surface area contributed by atoms with E-state index < -0.39 is 0 Å². The van der Waals surface area contributed by atoms with Gasteiger partial charge in [0.05, 0.1) is 32.9 Å². The Morgan fingerprint density at radius 2 is 1.84 bits per heavy atom. The predicted molar refractivity (Wildman–Crippen MR) is 70.2 cm³/mol. The molecule has 1 heterocycles. The van der Waals surface area contributed by atoms with Gasteiger partial charge in [-0.1, -0.05) is 0 Å². The first kappa shape index (κ1) is 13.5. The SMILES string of the molecule is COc1ccc(C(=O)NC2CNC2)c(OC)c1OC. The summed E-state index contributed by atoms with van der Waals surface area (Å²) >= 11 is 0. The van der Waals surface area contributed by atoms with Gasteiger partial charge in [-0.15, -0.1) is 0 Å². The maximum atomic E-state index is 12.2. The van der Waals surface area contributed by atoms with Gasteiger partial charge in [-0.25, -0.2) is 0 Å². The number of hydrogen-bond acceptors (Lipinski definition) is 5. The summed E-state index contributed by atoms with van der Waals surface area (Å²) in [5.74, 6) is 1.15. The minimum absolute atomic E-state index is 0.172. The van der Waals surface area contributed by atoms with Crippen LogP contribution in [0.1, 0.15) is 10.4 Å². The van der Waals surface area contributed by atoms with Crippen LogP contribution in [-0.2, 0) is 0 Å². The molecule has 1 saturated heterocycles. The molecule has 0 bridgehead atoms. The zero-order valence-electron chi connectivity index (χ0n) is 11.3. The quantitative estimate of drug-likeness (QED) is 0.808. The molecular weight excluding hydrogens is 248 g/mol. The molecule has 0 aliphatic carbocycles. The Balaban J connectivity index is 2.30. The fourth-order valence-electron chi connectivity index (χ4n) is 1.93. The van der Waals surface area contributed by atoms with E-state index >= 15 is 0 Å². The van der Waals surface area contributed by atoms with Gasteiger partial charge >= 0.3 is 0 Å². The van der Waals surface area contributed by atoms with Crippen LogP contribution >= 0.6 is 0 Å². The summed E-state index contributed by atoms with van der Waals surface area (Å²) in [5, 5.41) is 6.02. The van der Waals surface area contributed by atoms with Crippen molar-refractivity contribution in [2.24, 2.45) is 0 Å². The minimum Gasteiger partial charge on any atom is -0.493 e. The van der Waals surface area contributed by atoms with Crippen molar-refractivity contribution in [2.75, 3.05) is 34.4 Å². The maximum Gasteiger partial charge on any atom is 0.255 e. The second-order valence-electron chi connectivity index (χ2n) is 4.21. The van der Waals surface area contributed by atoms with Gasteiger partial charge in [0.1, 0.15) is 0 Å². The van der Waals surface area contributed by atoms with Crippen molar-refractivity contribution in [3.8, 4) is 17.2 Å². The van der Waals surface area contributed by atoms with E-state index in [1.165, 1.54) is 21.3 Å². The van der Waals surface area contributed by atoms with Gasteiger partial charge in [0.25, 0.3) is 5.91 Å². The lowest BCUT2D eigenvalue weighted by atomic mass is 10.1. The van der Waals surface area contributed by atoms with Gasteiger partial charge in [-0.05, 0) is 12.1 Å². The highest BCUT2D eigenvalue weighted by molar-refractivity contribution is 5.98. The number of rotatable bonds is 5. The Morgan fingerprint density at radius 1 is 1.16 bits per heavy atom. The van der Waals surface area contributed by atoms with Crippen LogP contribution in [0, 0.1) is 0 Å². The maximum absolute atomic E-state index is 12.2. The van der Waals surface area contributed by atoms with E-state index in [-0.39, 0.29) is 11.9 Å². The number of amides is 1. The van der Waals surface area contributed by atoms with Gasteiger partial charge in [0.15, 0.2) is 11.5 Å². The summed E-state index contributed by atoms with van der Waals surface area (Å²) < 4.78 is 15.7. The molecule has 0 saturated carbocycles. The first-order valence-electron chi connectivity index (χ1n) is 6.01. The summed E-state index contributed by atoms with van der Waals surface area (Å²) in [6.07, 6.45) is 0. The highest BCUT2D eigenvalue weighted by atomic mass is 16.5. The summed E-state index contributed by atoms with van der Waals surface area (Å²) in [6, 6.07) is 3.53. The van der Waals surface area contributed by atoms with Gasteiger partial charge in [-0.2, -0.15) is 0 Å². The van der Waals surface area contributed by atoms with E-state index in [1.807, 2.05) is 0 Å². The van der Waals surface area contributed by atoms with Gasteiger partial charge in [-0.3, -0.25) is 4.79 Å². The lowest BCUT2D eigenvalue weighted by Crippen LogP contribution is -2.56. The predicted octanol–water partition coefficient (Wildman–Crippen LogP) is 0.414. The van der Waals surface area contributed by atoms with Gasteiger partial charge < -0.3 is 24.8 Å². The average Bonchev–Trinajstić information content (AvgIpc) is 2.40. The van der Waals surface area contributed by atoms with E-state index in [2.05, 4.69) is 10.6 Å². The second kappa shape index (κ2) is 5.79. The van der Waals surface area contributed by atoms with E-state index in [1.54, 1.807) is 12.1 Å². The molecule has 0 aromatic heterocycles. The summed E-state index contributed by atoms with van der Waals surface area (Å²) in [7, 11) is 4.55. The highest BCUT2D eigenvalue weighted by Crippen LogP contribution is 2.39. The van der Waals surface area contributed by atoms with E-state index in [4.69, 9.17) is 14.2 Å². The number of hydrogen-bond donors (Lipinski definition) is 2. The van der Waals surface area contributed by atoms with Crippen LogP contribution in [0.15, 0.2) is 12.1 Å². The molecule has 2 N–H and O–H groups in total. The normalized spacial score (nSPS) is 14.5. The molecule has 1 aromatic rings. The molecule has 19 heavy (non-hydrogen) atoms. The van der Waals surface area contributed by atoms with Crippen molar-refractivity contribution in [3.63, 3.8) is 0 Å². The number of nitrogens with one attached hydrogen (secondary N) is 2. The molecule has 1 aliphatic rings. The molecule has 6 heteroatoms. The van der Waals surface area contributed by atoms with Crippen molar-refractivity contribution >= 4 is 5.91 Å². The summed E-state index contributed by atoms with van der Waals surface area (Å²) in [6.45, 7) is 1.59. The molecule has 0 atom stereocenters. The first-order chi connectivity index (χ1) is 9.21.